The van der Waals surface area contributed by atoms with Gasteiger partial charge in [0.25, 0.3) is 21.2 Å². The van der Waals surface area contributed by atoms with Gasteiger partial charge in [0.05, 0.1) is 13.2 Å². The average molecular weight is 610 g/mol. The molecule has 206 valence electrons. The third kappa shape index (κ3) is 8.81. The Morgan fingerprint density at radius 2 is 1.53 bits per heavy atom. The third-order valence-corrected chi connectivity index (χ3v) is 7.67. The van der Waals surface area contributed by atoms with Crippen LogP contribution in [0.3, 0.4) is 0 Å². The van der Waals surface area contributed by atoms with Crippen molar-refractivity contribution in [1.82, 2.24) is 9.55 Å². The molecule has 1 aromatic heterocycles. The molecule has 2 saturated heterocycles. The van der Waals surface area contributed by atoms with Crippen molar-refractivity contribution in [1.29, 1.82) is 0 Å². The largest absolute Gasteiger partial charge is 1.00 e. The molecular weight excluding hydrogens is 588 g/mol. The number of phosphoric ester groups is 2. The molecule has 38 heavy (non-hydrogen) atoms. The number of nitrogens with zero attached hydrogens (tertiary/aromatic N) is 1. The molecule has 0 aliphatic carbocycles. The van der Waals surface area contributed by atoms with E-state index in [0.29, 0.717) is 4.57 Å². The maximum absolute atomic E-state index is 12.0. The van der Waals surface area contributed by atoms with Crippen LogP contribution in [-0.2, 0) is 32.0 Å². The number of rotatable bonds is 9. The molecule has 2 aliphatic heterocycles. The second-order valence-electron chi connectivity index (χ2n) is 7.64. The first kappa shape index (κ1) is 36.6. The molecular formula is C15H22N2Na2O17P2. The van der Waals surface area contributed by atoms with E-state index in [4.69, 9.17) is 14.6 Å². The van der Waals surface area contributed by atoms with Gasteiger partial charge in [-0.25, -0.2) is 9.11 Å². The molecule has 0 aromatic carbocycles. The first-order valence-electron chi connectivity index (χ1n) is 9.96. The number of aromatic nitrogens is 2. The fourth-order valence-electron chi connectivity index (χ4n) is 3.34. The Bertz CT molecular complexity index is 1140. The number of hydrogen-bond donors (Lipinski definition) is 7. The van der Waals surface area contributed by atoms with Gasteiger partial charge in [-0.1, -0.05) is 0 Å². The van der Waals surface area contributed by atoms with Gasteiger partial charge in [-0.2, -0.15) is 0 Å². The summed E-state index contributed by atoms with van der Waals surface area (Å²) >= 11 is 0. The molecule has 23 heteroatoms. The van der Waals surface area contributed by atoms with Gasteiger partial charge < -0.3 is 54.4 Å². The van der Waals surface area contributed by atoms with Crippen LogP contribution in [0.2, 0.25) is 0 Å². The van der Waals surface area contributed by atoms with E-state index < -0.39 is 95.4 Å². The van der Waals surface area contributed by atoms with Gasteiger partial charge >= 0.3 is 64.8 Å². The number of aromatic amines is 1. The number of aliphatic hydroxyl groups excluding tert-OH is 6. The average Bonchev–Trinajstić information content (AvgIpc) is 3.06. The minimum atomic E-state index is -5.90. The van der Waals surface area contributed by atoms with Crippen molar-refractivity contribution >= 4 is 15.6 Å². The molecule has 0 spiro atoms. The molecule has 3 heterocycles. The predicted molar refractivity (Wildman–Crippen MR) is 104 cm³/mol. The summed E-state index contributed by atoms with van der Waals surface area (Å²) in [4.78, 5) is 48.9. The molecule has 19 nitrogen and oxygen atoms in total. The van der Waals surface area contributed by atoms with Crippen LogP contribution in [0.4, 0.5) is 0 Å². The SMILES string of the molecule is O=c1ccn([C@@H]2O[C@H](COP(=O)([O-])OP(=O)([O-])OC3OC(CO)C(O)C(O)C3O)[C@@H](O)[C@H]2O)c(=O)[nH]1.[Na+].[Na+]. The molecule has 0 radical (unpaired) electrons. The molecule has 3 rings (SSSR count). The Morgan fingerprint density at radius 3 is 2.11 bits per heavy atom. The maximum atomic E-state index is 12.0. The standard InChI is InChI=1S/C15H24N2O17P2.2Na/c18-3-5-8(20)10(22)12(24)14(32-5)33-36(28,29)34-35(26,27)30-4-6-9(21)11(23)13(31-6)17-2-1-7(19)16-15(17)25;;/h1-2,5-6,8-14,18,20-24H,3-4H2,(H,26,27)(H,28,29)(H,16,19,25);;/q;2*+1/p-2/t5?,6-,8?,9-,10?,11-,12?,13-,14?;;/m1../s1. The summed E-state index contributed by atoms with van der Waals surface area (Å²) in [6.07, 6.45) is -15.8. The van der Waals surface area contributed by atoms with Gasteiger partial charge in [-0.15, -0.1) is 0 Å². The van der Waals surface area contributed by atoms with Gasteiger partial charge in [-0.05, 0) is 0 Å². The Balaban J connectivity index is 0.00000361. The number of hydrogen-bond acceptors (Lipinski definition) is 17. The first-order chi connectivity index (χ1) is 16.7. The van der Waals surface area contributed by atoms with Crippen molar-refractivity contribution in [3.8, 4) is 0 Å². The molecule has 2 aliphatic rings. The maximum Gasteiger partial charge on any atom is 1.00 e. The van der Waals surface area contributed by atoms with Crippen LogP contribution in [0.5, 0.6) is 0 Å². The van der Waals surface area contributed by atoms with E-state index in [1.807, 2.05) is 4.98 Å². The van der Waals surface area contributed by atoms with Gasteiger partial charge in [0.1, 0.15) is 42.7 Å². The van der Waals surface area contributed by atoms with E-state index in [-0.39, 0.29) is 59.1 Å². The third-order valence-electron chi connectivity index (χ3n) is 5.14. The van der Waals surface area contributed by atoms with E-state index in [1.54, 1.807) is 0 Å². The van der Waals surface area contributed by atoms with Crippen LogP contribution in [0.1, 0.15) is 6.23 Å². The van der Waals surface area contributed by atoms with E-state index in [1.165, 1.54) is 0 Å². The first-order valence-corrected chi connectivity index (χ1v) is 12.9. The zero-order valence-electron chi connectivity index (χ0n) is 19.8. The second kappa shape index (κ2) is 14.7. The summed E-state index contributed by atoms with van der Waals surface area (Å²) in [5.41, 5.74) is -1.78. The van der Waals surface area contributed by atoms with Gasteiger partial charge in [0.15, 0.2) is 12.5 Å². The monoisotopic (exact) mass is 610 g/mol. The predicted octanol–water partition coefficient (Wildman–Crippen LogP) is -12.0. The van der Waals surface area contributed by atoms with Gasteiger partial charge in [0, 0.05) is 12.3 Å². The van der Waals surface area contributed by atoms with Crippen LogP contribution in [0, 0.1) is 0 Å². The van der Waals surface area contributed by atoms with Gasteiger partial charge in [-0.3, -0.25) is 28.0 Å². The fraction of sp³-hybridized carbons (Fsp3) is 0.733. The van der Waals surface area contributed by atoms with Crippen molar-refractivity contribution < 1.29 is 132 Å². The summed E-state index contributed by atoms with van der Waals surface area (Å²) in [6, 6.07) is 0.911. The zero-order valence-corrected chi connectivity index (χ0v) is 25.6. The molecule has 0 amide bonds. The van der Waals surface area contributed by atoms with Crippen LogP contribution in [-0.4, -0.2) is 102 Å². The summed E-state index contributed by atoms with van der Waals surface area (Å²) in [6.45, 7) is -2.05. The molecule has 7 unspecified atom stereocenters. The van der Waals surface area contributed by atoms with E-state index in [0.717, 1.165) is 12.3 Å². The Hall–Kier alpha value is 0.620. The Kier molecular flexibility index (Phi) is 14.2. The normalized spacial score (nSPS) is 36.4. The van der Waals surface area contributed by atoms with Crippen molar-refractivity contribution in [2.24, 2.45) is 0 Å². The van der Waals surface area contributed by atoms with Crippen LogP contribution in [0.25, 0.3) is 0 Å². The number of ether oxygens (including phenoxy) is 2. The number of nitrogens with one attached hydrogen (secondary N) is 1. The topological polar surface area (TPSA) is 303 Å². The number of phosphoric acid groups is 2. The van der Waals surface area contributed by atoms with Gasteiger partial charge in [0.2, 0.25) is 0 Å². The summed E-state index contributed by atoms with van der Waals surface area (Å²) < 4.78 is 47.1. The minimum absolute atomic E-state index is 0. The summed E-state index contributed by atoms with van der Waals surface area (Å²) in [7, 11) is -11.7. The molecule has 0 saturated carbocycles. The van der Waals surface area contributed by atoms with Crippen molar-refractivity contribution in [3.63, 3.8) is 0 Å². The fourth-order valence-corrected chi connectivity index (χ4v) is 5.42. The Labute approximate surface area is 256 Å². The molecule has 7 N–H and O–H groups in total. The van der Waals surface area contributed by atoms with E-state index in [9.17, 15) is 54.0 Å². The minimum Gasteiger partial charge on any atom is -0.756 e. The zero-order chi connectivity index (χ0) is 27.0. The van der Waals surface area contributed by atoms with Crippen molar-refractivity contribution in [3.05, 3.63) is 33.1 Å². The van der Waals surface area contributed by atoms with E-state index >= 15 is 0 Å². The van der Waals surface area contributed by atoms with Crippen LogP contribution >= 0.6 is 15.6 Å². The quantitative estimate of drug-likeness (QED) is 0.101. The summed E-state index contributed by atoms with van der Waals surface area (Å²) in [5.74, 6) is 0. The van der Waals surface area contributed by atoms with Crippen molar-refractivity contribution in [2.75, 3.05) is 13.2 Å². The number of aliphatic hydroxyl groups is 6. The molecule has 11 atom stereocenters. The molecule has 0 bridgehead atoms. The van der Waals surface area contributed by atoms with Crippen molar-refractivity contribution in [2.45, 2.75) is 55.2 Å². The number of H-pyrrole nitrogens is 1. The molecule has 2 fully saturated rings. The van der Waals surface area contributed by atoms with Crippen LogP contribution < -0.4 is 80.2 Å². The second-order valence-corrected chi connectivity index (χ2v) is 10.5. The Morgan fingerprint density at radius 1 is 0.921 bits per heavy atom. The van der Waals surface area contributed by atoms with Crippen LogP contribution in [0.15, 0.2) is 21.9 Å². The smallest absolute Gasteiger partial charge is 0.756 e. The molecule has 1 aromatic rings. The van der Waals surface area contributed by atoms with E-state index in [2.05, 4.69) is 13.4 Å². The summed E-state index contributed by atoms with van der Waals surface area (Å²) in [5, 5.41) is 58.4.